The van der Waals surface area contributed by atoms with Gasteiger partial charge in [-0.2, -0.15) is 0 Å². The number of benzene rings is 1. The summed E-state index contributed by atoms with van der Waals surface area (Å²) in [6.07, 6.45) is 1.31. The van der Waals surface area contributed by atoms with Crippen molar-refractivity contribution < 1.29 is 5.11 Å². The maximum Gasteiger partial charge on any atom is 0.230 e. The monoisotopic (exact) mass is 175 g/mol. The number of aromatic nitrogens is 1. The van der Waals surface area contributed by atoms with Crippen molar-refractivity contribution >= 4 is 10.9 Å². The van der Waals surface area contributed by atoms with E-state index < -0.39 is 0 Å². The fourth-order valence-electron chi connectivity index (χ4n) is 1.32. The Bertz CT molecular complexity index is 509. The van der Waals surface area contributed by atoms with Crippen LogP contribution in [-0.2, 0) is 0 Å². The highest BCUT2D eigenvalue weighted by molar-refractivity contribution is 5.80. The van der Waals surface area contributed by atoms with Crippen molar-refractivity contribution in [1.82, 2.24) is 4.98 Å². The van der Waals surface area contributed by atoms with Crippen molar-refractivity contribution in [3.8, 4) is 5.75 Å². The number of aromatic hydroxyl groups is 1. The molecule has 1 aromatic carbocycles. The molecular weight excluding hydrogens is 166 g/mol. The second-order valence-electron chi connectivity index (χ2n) is 3.05. The third-order valence-corrected chi connectivity index (χ3v) is 2.02. The van der Waals surface area contributed by atoms with E-state index in [0.717, 1.165) is 11.1 Å². The number of H-pyrrole nitrogens is 1. The summed E-state index contributed by atoms with van der Waals surface area (Å²) < 4.78 is 0. The highest BCUT2D eigenvalue weighted by Gasteiger charge is 2.02. The molecule has 66 valence electrons. The molecule has 2 rings (SSSR count). The molecule has 0 amide bonds. The molecule has 0 spiro atoms. The first-order chi connectivity index (χ1) is 6.18. The highest BCUT2D eigenvalue weighted by atomic mass is 16.3. The van der Waals surface area contributed by atoms with Crippen LogP contribution in [0.1, 0.15) is 5.56 Å². The number of aromatic amines is 1. The van der Waals surface area contributed by atoms with Crippen LogP contribution in [0.25, 0.3) is 10.9 Å². The van der Waals surface area contributed by atoms with E-state index in [9.17, 15) is 4.79 Å². The van der Waals surface area contributed by atoms with E-state index in [2.05, 4.69) is 4.98 Å². The summed E-state index contributed by atoms with van der Waals surface area (Å²) in [5.41, 5.74) is 1.43. The van der Waals surface area contributed by atoms with Gasteiger partial charge >= 0.3 is 0 Å². The zero-order valence-electron chi connectivity index (χ0n) is 7.16. The van der Waals surface area contributed by atoms with Crippen LogP contribution >= 0.6 is 0 Å². The van der Waals surface area contributed by atoms with E-state index in [1.165, 1.54) is 6.20 Å². The minimum Gasteiger partial charge on any atom is -0.503 e. The van der Waals surface area contributed by atoms with E-state index in [1.54, 1.807) is 6.07 Å². The Kier molecular flexibility index (Phi) is 1.59. The van der Waals surface area contributed by atoms with Crippen LogP contribution in [0.4, 0.5) is 0 Å². The maximum absolute atomic E-state index is 11.4. The standard InChI is InChI=1S/C10H9NO2/c1-6-2-3-8-7(4-6)10(13)9(12)5-11-8/h2-5,12H,1H3,(H,11,13). The molecule has 0 bridgehead atoms. The molecule has 1 aromatic heterocycles. The minimum atomic E-state index is -0.322. The molecule has 0 aliphatic heterocycles. The number of fused-ring (bicyclic) bond motifs is 1. The van der Waals surface area contributed by atoms with Gasteiger partial charge in [0.2, 0.25) is 5.43 Å². The van der Waals surface area contributed by atoms with Gasteiger partial charge in [-0.15, -0.1) is 0 Å². The Morgan fingerprint density at radius 2 is 2.15 bits per heavy atom. The van der Waals surface area contributed by atoms with E-state index in [0.29, 0.717) is 5.39 Å². The third-order valence-electron chi connectivity index (χ3n) is 2.02. The van der Waals surface area contributed by atoms with Gasteiger partial charge in [0, 0.05) is 17.1 Å². The summed E-state index contributed by atoms with van der Waals surface area (Å²) >= 11 is 0. The molecule has 0 fully saturated rings. The average molecular weight is 175 g/mol. The lowest BCUT2D eigenvalue weighted by molar-refractivity contribution is 0.469. The minimum absolute atomic E-state index is 0.238. The summed E-state index contributed by atoms with van der Waals surface area (Å²) in [6.45, 7) is 1.91. The topological polar surface area (TPSA) is 53.1 Å². The Hall–Kier alpha value is -1.77. The second kappa shape index (κ2) is 2.62. The first-order valence-electron chi connectivity index (χ1n) is 3.99. The normalized spacial score (nSPS) is 10.5. The number of hydrogen-bond acceptors (Lipinski definition) is 2. The van der Waals surface area contributed by atoms with Gasteiger partial charge in [-0.3, -0.25) is 4.79 Å². The molecule has 0 radical (unpaired) electrons. The van der Waals surface area contributed by atoms with Gasteiger partial charge in [0.05, 0.1) is 0 Å². The third kappa shape index (κ3) is 1.18. The van der Waals surface area contributed by atoms with E-state index in [1.807, 2.05) is 19.1 Å². The van der Waals surface area contributed by atoms with Crippen molar-refractivity contribution in [3.05, 3.63) is 40.2 Å². The number of nitrogens with one attached hydrogen (secondary N) is 1. The summed E-state index contributed by atoms with van der Waals surface area (Å²) in [4.78, 5) is 14.2. The molecule has 3 nitrogen and oxygen atoms in total. The van der Waals surface area contributed by atoms with Crippen LogP contribution in [0.15, 0.2) is 29.2 Å². The lowest BCUT2D eigenvalue weighted by Gasteiger charge is -1.99. The van der Waals surface area contributed by atoms with Gasteiger partial charge in [0.1, 0.15) is 0 Å². The van der Waals surface area contributed by atoms with Crippen molar-refractivity contribution in [2.75, 3.05) is 0 Å². The zero-order chi connectivity index (χ0) is 9.42. The quantitative estimate of drug-likeness (QED) is 0.638. The number of hydrogen-bond donors (Lipinski definition) is 2. The molecule has 1 heterocycles. The number of rotatable bonds is 0. The lowest BCUT2D eigenvalue weighted by atomic mass is 10.1. The second-order valence-corrected chi connectivity index (χ2v) is 3.05. The van der Waals surface area contributed by atoms with Gasteiger partial charge in [-0.1, -0.05) is 11.6 Å². The first kappa shape index (κ1) is 7.86. The molecule has 3 heteroatoms. The van der Waals surface area contributed by atoms with Crippen molar-refractivity contribution in [2.24, 2.45) is 0 Å². The summed E-state index contributed by atoms with van der Waals surface area (Å²) in [7, 11) is 0. The van der Waals surface area contributed by atoms with Gasteiger partial charge in [0.15, 0.2) is 5.75 Å². The van der Waals surface area contributed by atoms with Crippen molar-refractivity contribution in [1.29, 1.82) is 0 Å². The van der Waals surface area contributed by atoms with Crippen LogP contribution in [0.2, 0.25) is 0 Å². The van der Waals surface area contributed by atoms with Crippen LogP contribution < -0.4 is 5.43 Å². The van der Waals surface area contributed by atoms with Crippen molar-refractivity contribution in [2.45, 2.75) is 6.92 Å². The average Bonchev–Trinajstić information content (AvgIpc) is 2.12. The fraction of sp³-hybridized carbons (Fsp3) is 0.100. The van der Waals surface area contributed by atoms with Crippen LogP contribution in [-0.4, -0.2) is 10.1 Å². The molecule has 2 N–H and O–H groups in total. The Morgan fingerprint density at radius 3 is 2.92 bits per heavy atom. The molecule has 0 saturated carbocycles. The molecule has 0 atom stereocenters. The Labute approximate surface area is 74.7 Å². The first-order valence-corrected chi connectivity index (χ1v) is 3.99. The van der Waals surface area contributed by atoms with Crippen LogP contribution in [0, 0.1) is 6.92 Å². The summed E-state index contributed by atoms with van der Waals surface area (Å²) in [6, 6.07) is 5.49. The smallest absolute Gasteiger partial charge is 0.230 e. The molecule has 0 unspecified atom stereocenters. The molecule has 0 aliphatic rings. The Balaban J connectivity index is 2.97. The van der Waals surface area contributed by atoms with Gasteiger partial charge in [-0.05, 0) is 19.1 Å². The predicted molar refractivity (Wildman–Crippen MR) is 51.0 cm³/mol. The molecule has 0 saturated heterocycles. The largest absolute Gasteiger partial charge is 0.503 e. The molecular formula is C10H9NO2. The zero-order valence-corrected chi connectivity index (χ0v) is 7.16. The van der Waals surface area contributed by atoms with Crippen LogP contribution in [0.5, 0.6) is 5.75 Å². The predicted octanol–water partition coefficient (Wildman–Crippen LogP) is 1.54. The SMILES string of the molecule is Cc1ccc2[nH]cc(O)c(=O)c2c1. The molecule has 13 heavy (non-hydrogen) atoms. The van der Waals surface area contributed by atoms with Gasteiger partial charge < -0.3 is 10.1 Å². The maximum atomic E-state index is 11.4. The van der Waals surface area contributed by atoms with Gasteiger partial charge in [0.25, 0.3) is 0 Å². The van der Waals surface area contributed by atoms with Crippen molar-refractivity contribution in [3.63, 3.8) is 0 Å². The molecule has 0 aliphatic carbocycles. The van der Waals surface area contributed by atoms with E-state index in [-0.39, 0.29) is 11.2 Å². The van der Waals surface area contributed by atoms with E-state index in [4.69, 9.17) is 5.11 Å². The lowest BCUT2D eigenvalue weighted by Crippen LogP contribution is -2.01. The summed E-state index contributed by atoms with van der Waals surface area (Å²) in [5, 5.41) is 9.69. The summed E-state index contributed by atoms with van der Waals surface area (Å²) in [5.74, 6) is -0.238. The van der Waals surface area contributed by atoms with Gasteiger partial charge in [-0.25, -0.2) is 0 Å². The fourth-order valence-corrected chi connectivity index (χ4v) is 1.32. The van der Waals surface area contributed by atoms with E-state index >= 15 is 0 Å². The molecule has 2 aromatic rings. The highest BCUT2D eigenvalue weighted by Crippen LogP contribution is 2.12. The van der Waals surface area contributed by atoms with Crippen LogP contribution in [0.3, 0.4) is 0 Å². The number of pyridine rings is 1. The Morgan fingerprint density at radius 1 is 1.38 bits per heavy atom. The number of aryl methyl sites for hydroxylation is 1.